The van der Waals surface area contributed by atoms with Gasteiger partial charge in [-0.2, -0.15) is 0 Å². The second-order valence-corrected chi connectivity index (χ2v) is 7.06. The molecule has 0 saturated carbocycles. The number of amides is 2. The van der Waals surface area contributed by atoms with E-state index in [1.54, 1.807) is 24.3 Å². The van der Waals surface area contributed by atoms with E-state index >= 15 is 0 Å². The summed E-state index contributed by atoms with van der Waals surface area (Å²) in [5.74, 6) is 0.503. The summed E-state index contributed by atoms with van der Waals surface area (Å²) >= 11 is 6.35. The highest BCUT2D eigenvalue weighted by Crippen LogP contribution is 2.38. The van der Waals surface area contributed by atoms with Crippen LogP contribution in [0.2, 0.25) is 5.02 Å². The molecule has 3 rings (SSSR count). The maximum absolute atomic E-state index is 13.1. The van der Waals surface area contributed by atoms with E-state index in [4.69, 9.17) is 21.1 Å². The minimum absolute atomic E-state index is 0.0681. The number of rotatable bonds is 5. The fourth-order valence-electron chi connectivity index (χ4n) is 2.80. The molecule has 1 N–H and O–H groups in total. The van der Waals surface area contributed by atoms with Crippen molar-refractivity contribution in [3.63, 3.8) is 0 Å². The van der Waals surface area contributed by atoms with Gasteiger partial charge in [-0.05, 0) is 30.2 Å². The van der Waals surface area contributed by atoms with Gasteiger partial charge in [0.05, 0.1) is 30.1 Å². The molecule has 2 amide bonds. The van der Waals surface area contributed by atoms with Gasteiger partial charge in [-0.3, -0.25) is 14.5 Å². The van der Waals surface area contributed by atoms with Crippen molar-refractivity contribution in [3.05, 3.63) is 47.0 Å². The lowest BCUT2D eigenvalue weighted by atomic mass is 10.1. The van der Waals surface area contributed by atoms with E-state index in [2.05, 4.69) is 5.32 Å². The first-order valence-corrected chi connectivity index (χ1v) is 8.99. The predicted molar refractivity (Wildman–Crippen MR) is 105 cm³/mol. The van der Waals surface area contributed by atoms with Crippen molar-refractivity contribution in [2.75, 3.05) is 30.5 Å². The molecule has 2 aromatic carbocycles. The van der Waals surface area contributed by atoms with Gasteiger partial charge in [0.2, 0.25) is 5.91 Å². The highest BCUT2D eigenvalue weighted by atomic mass is 35.5. The molecule has 7 heteroatoms. The Labute approximate surface area is 163 Å². The standard InChI is InChI=1S/C20H21ClN2O4/c1-12(2)11-27-19-14(21)8-13(9-17(19)26-3)20(25)23-10-18(24)22-15-6-4-5-7-16(15)23/h4-9,12H,10-11H2,1-3H3,(H,22,24). The van der Waals surface area contributed by atoms with Gasteiger partial charge >= 0.3 is 0 Å². The summed E-state index contributed by atoms with van der Waals surface area (Å²) in [6.07, 6.45) is 0. The van der Waals surface area contributed by atoms with E-state index in [0.717, 1.165) is 0 Å². The number of carbonyl (C=O) groups is 2. The average Bonchev–Trinajstić information content (AvgIpc) is 2.64. The molecule has 2 aromatic rings. The Morgan fingerprint density at radius 3 is 2.74 bits per heavy atom. The van der Waals surface area contributed by atoms with Gasteiger partial charge in [-0.25, -0.2) is 0 Å². The van der Waals surface area contributed by atoms with Gasteiger partial charge in [0.25, 0.3) is 5.91 Å². The maximum Gasteiger partial charge on any atom is 0.259 e. The molecule has 142 valence electrons. The quantitative estimate of drug-likeness (QED) is 0.841. The molecule has 0 aromatic heterocycles. The highest BCUT2D eigenvalue weighted by Gasteiger charge is 2.28. The second-order valence-electron chi connectivity index (χ2n) is 6.65. The van der Waals surface area contributed by atoms with Crippen LogP contribution in [0.1, 0.15) is 24.2 Å². The van der Waals surface area contributed by atoms with E-state index in [0.29, 0.717) is 41.0 Å². The summed E-state index contributed by atoms with van der Waals surface area (Å²) in [7, 11) is 1.49. The lowest BCUT2D eigenvalue weighted by molar-refractivity contribution is -0.115. The number of hydrogen-bond donors (Lipinski definition) is 1. The Balaban J connectivity index is 1.96. The molecular formula is C20H21ClN2O4. The number of carbonyl (C=O) groups excluding carboxylic acids is 2. The first kappa shape index (κ1) is 19.0. The molecular weight excluding hydrogens is 368 g/mol. The third-order valence-corrected chi connectivity index (χ3v) is 4.33. The van der Waals surface area contributed by atoms with Crippen molar-refractivity contribution in [2.24, 2.45) is 5.92 Å². The zero-order chi connectivity index (χ0) is 19.6. The van der Waals surface area contributed by atoms with Crippen LogP contribution in [-0.4, -0.2) is 32.1 Å². The minimum Gasteiger partial charge on any atom is -0.493 e. The molecule has 6 nitrogen and oxygen atoms in total. The molecule has 0 aliphatic carbocycles. The van der Waals surface area contributed by atoms with Gasteiger partial charge in [0, 0.05) is 5.56 Å². The molecule has 1 heterocycles. The van der Waals surface area contributed by atoms with Gasteiger partial charge in [0.15, 0.2) is 11.5 Å². The van der Waals surface area contributed by atoms with Gasteiger partial charge in [-0.15, -0.1) is 0 Å². The molecule has 0 spiro atoms. The topological polar surface area (TPSA) is 67.9 Å². The Kier molecular flexibility index (Phi) is 5.56. The van der Waals surface area contributed by atoms with E-state index in [9.17, 15) is 9.59 Å². The summed E-state index contributed by atoms with van der Waals surface area (Å²) in [6, 6.07) is 10.3. The predicted octanol–water partition coefficient (Wildman–Crippen LogP) is 3.98. The van der Waals surface area contributed by atoms with Crippen LogP contribution in [0.3, 0.4) is 0 Å². The molecule has 0 fully saturated rings. The van der Waals surface area contributed by atoms with Gasteiger partial charge < -0.3 is 14.8 Å². The largest absolute Gasteiger partial charge is 0.493 e. The smallest absolute Gasteiger partial charge is 0.259 e. The SMILES string of the molecule is COc1cc(C(=O)N2CC(=O)Nc3ccccc32)cc(Cl)c1OCC(C)C. The van der Waals surface area contributed by atoms with Crippen molar-refractivity contribution < 1.29 is 19.1 Å². The summed E-state index contributed by atoms with van der Waals surface area (Å²) < 4.78 is 11.1. The number of benzene rings is 2. The third kappa shape index (κ3) is 4.01. The molecule has 0 bridgehead atoms. The number of halogens is 1. The van der Waals surface area contributed by atoms with Crippen LogP contribution in [0.25, 0.3) is 0 Å². The highest BCUT2D eigenvalue weighted by molar-refractivity contribution is 6.33. The van der Waals surface area contributed by atoms with Crippen LogP contribution in [0.15, 0.2) is 36.4 Å². The zero-order valence-electron chi connectivity index (χ0n) is 15.4. The number of nitrogens with zero attached hydrogens (tertiary/aromatic N) is 1. The summed E-state index contributed by atoms with van der Waals surface area (Å²) in [6.45, 7) is 4.46. The van der Waals surface area contributed by atoms with Gasteiger partial charge in [0.1, 0.15) is 6.54 Å². The molecule has 1 aliphatic heterocycles. The van der Waals surface area contributed by atoms with E-state index in [1.807, 2.05) is 19.9 Å². The van der Waals surface area contributed by atoms with Crippen LogP contribution in [0.5, 0.6) is 11.5 Å². The Bertz CT molecular complexity index is 882. The molecule has 0 atom stereocenters. The summed E-state index contributed by atoms with van der Waals surface area (Å²) in [4.78, 5) is 26.5. The molecule has 0 radical (unpaired) electrons. The van der Waals surface area contributed by atoms with Crippen molar-refractivity contribution in [2.45, 2.75) is 13.8 Å². The summed E-state index contributed by atoms with van der Waals surface area (Å²) in [5.41, 5.74) is 1.55. The fraction of sp³-hybridized carbons (Fsp3) is 0.300. The second kappa shape index (κ2) is 7.88. The number of ether oxygens (including phenoxy) is 2. The van der Waals surface area contributed by atoms with Crippen LogP contribution in [0.4, 0.5) is 11.4 Å². The van der Waals surface area contributed by atoms with E-state index < -0.39 is 0 Å². The number of anilines is 2. The molecule has 0 saturated heterocycles. The number of hydrogen-bond acceptors (Lipinski definition) is 4. The fourth-order valence-corrected chi connectivity index (χ4v) is 3.07. The third-order valence-electron chi connectivity index (χ3n) is 4.05. The maximum atomic E-state index is 13.1. The lowest BCUT2D eigenvalue weighted by Crippen LogP contribution is -2.42. The van der Waals surface area contributed by atoms with Crippen molar-refractivity contribution in [3.8, 4) is 11.5 Å². The number of fused-ring (bicyclic) bond motifs is 1. The average molecular weight is 389 g/mol. The van der Waals surface area contributed by atoms with Crippen LogP contribution in [-0.2, 0) is 4.79 Å². The molecule has 27 heavy (non-hydrogen) atoms. The van der Waals surface area contributed by atoms with Crippen molar-refractivity contribution in [1.82, 2.24) is 0 Å². The first-order chi connectivity index (χ1) is 12.9. The monoisotopic (exact) mass is 388 g/mol. The van der Waals surface area contributed by atoms with Crippen LogP contribution < -0.4 is 19.7 Å². The Morgan fingerprint density at radius 2 is 2.04 bits per heavy atom. The van der Waals surface area contributed by atoms with Gasteiger partial charge in [-0.1, -0.05) is 37.6 Å². The number of para-hydroxylation sites is 2. The van der Waals surface area contributed by atoms with Crippen LogP contribution in [0, 0.1) is 5.92 Å². The van der Waals surface area contributed by atoms with Crippen LogP contribution >= 0.6 is 11.6 Å². The summed E-state index contributed by atoms with van der Waals surface area (Å²) in [5, 5.41) is 3.05. The first-order valence-electron chi connectivity index (χ1n) is 8.61. The Hall–Kier alpha value is -2.73. The minimum atomic E-state index is -0.340. The zero-order valence-corrected chi connectivity index (χ0v) is 16.2. The molecule has 0 unspecified atom stereocenters. The Morgan fingerprint density at radius 1 is 1.30 bits per heavy atom. The van der Waals surface area contributed by atoms with E-state index in [-0.39, 0.29) is 23.4 Å². The number of methoxy groups -OCH3 is 1. The van der Waals surface area contributed by atoms with Crippen molar-refractivity contribution in [1.29, 1.82) is 0 Å². The lowest BCUT2D eigenvalue weighted by Gasteiger charge is -2.29. The van der Waals surface area contributed by atoms with Crippen molar-refractivity contribution >= 4 is 34.8 Å². The normalized spacial score (nSPS) is 13.2. The number of nitrogens with one attached hydrogen (secondary N) is 1. The molecule has 1 aliphatic rings. The van der Waals surface area contributed by atoms with E-state index in [1.165, 1.54) is 18.1 Å².